The van der Waals surface area contributed by atoms with Crippen molar-refractivity contribution >= 4 is 35.1 Å². The third-order valence-electron chi connectivity index (χ3n) is 5.78. The molecule has 2 N–H and O–H groups in total. The lowest BCUT2D eigenvalue weighted by Gasteiger charge is -2.13. The predicted octanol–water partition coefficient (Wildman–Crippen LogP) is 4.85. The van der Waals surface area contributed by atoms with Gasteiger partial charge in [0.2, 0.25) is 0 Å². The number of carboxylic acids is 1. The van der Waals surface area contributed by atoms with E-state index in [1.54, 1.807) is 24.3 Å². The second-order valence-corrected chi connectivity index (χ2v) is 8.62. The number of carbonyl (C=O) groups is 2. The van der Waals surface area contributed by atoms with Gasteiger partial charge in [0, 0.05) is 18.7 Å². The van der Waals surface area contributed by atoms with Gasteiger partial charge in [-0.15, -0.1) is 0 Å². The molecule has 1 aliphatic rings. The van der Waals surface area contributed by atoms with Crippen molar-refractivity contribution in [2.24, 2.45) is 4.99 Å². The van der Waals surface area contributed by atoms with E-state index >= 15 is 0 Å². The van der Waals surface area contributed by atoms with Gasteiger partial charge in [-0.2, -0.15) is 0 Å². The Morgan fingerprint density at radius 2 is 1.89 bits per heavy atom. The fourth-order valence-electron chi connectivity index (χ4n) is 3.96. The van der Waals surface area contributed by atoms with Gasteiger partial charge >= 0.3 is 5.97 Å². The highest BCUT2D eigenvalue weighted by Crippen LogP contribution is 2.23. The Labute approximate surface area is 208 Å². The van der Waals surface area contributed by atoms with Gasteiger partial charge in [-0.1, -0.05) is 49.2 Å². The third-order valence-corrected chi connectivity index (χ3v) is 6.08. The predicted molar refractivity (Wildman–Crippen MR) is 135 cm³/mol. The number of benzene rings is 2. The maximum atomic E-state index is 12.6. The molecule has 182 valence electrons. The molecule has 35 heavy (non-hydrogen) atoms. The summed E-state index contributed by atoms with van der Waals surface area (Å²) in [6, 6.07) is 13.6. The molecule has 9 heteroatoms. The minimum Gasteiger partial charge on any atom is -0.479 e. The smallest absolute Gasteiger partial charge is 0.336 e. The average molecular weight is 495 g/mol. The van der Waals surface area contributed by atoms with E-state index in [2.05, 4.69) is 26.8 Å². The van der Waals surface area contributed by atoms with Gasteiger partial charge in [-0.25, -0.2) is 9.78 Å². The number of nitrogens with zero attached hydrogens (tertiary/aromatic N) is 3. The van der Waals surface area contributed by atoms with Gasteiger partial charge in [-0.3, -0.25) is 9.79 Å². The van der Waals surface area contributed by atoms with E-state index in [1.165, 1.54) is 12.1 Å². The number of amides is 1. The molecular formula is C26H27ClN4O4. The summed E-state index contributed by atoms with van der Waals surface area (Å²) < 4.78 is 7.72. The number of ether oxygens (including phenoxy) is 1. The molecule has 8 nitrogen and oxygen atoms in total. The number of hydrogen-bond donors (Lipinski definition) is 2. The topological polar surface area (TPSA) is 106 Å². The van der Waals surface area contributed by atoms with E-state index in [1.807, 2.05) is 12.1 Å². The number of aromatic nitrogens is 2. The number of anilines is 1. The first-order valence-corrected chi connectivity index (χ1v) is 12.0. The van der Waals surface area contributed by atoms with E-state index in [9.17, 15) is 14.7 Å². The number of carbonyl (C=O) groups excluding carboxylic acids is 1. The number of hydrogen-bond acceptors (Lipinski definition) is 5. The molecule has 0 spiro atoms. The molecular weight excluding hydrogens is 468 g/mol. The lowest BCUT2D eigenvalue weighted by molar-refractivity contribution is 0.0692. The normalized spacial score (nSPS) is 12.8. The maximum Gasteiger partial charge on any atom is 0.336 e. The van der Waals surface area contributed by atoms with Crippen LogP contribution in [0.3, 0.4) is 0 Å². The quantitative estimate of drug-likeness (QED) is 0.419. The molecule has 0 saturated heterocycles. The van der Waals surface area contributed by atoms with Crippen LogP contribution in [0.2, 0.25) is 5.15 Å². The SMILES string of the molecule is CCCCc1nc(Cl)c(CC2=NCCO2)n1Cc1ccc(NC(=O)c2ccccc2C(=O)O)cc1. The lowest BCUT2D eigenvalue weighted by atomic mass is 10.1. The number of carboxylic acid groups (broad SMARTS) is 1. The van der Waals surface area contributed by atoms with E-state index in [4.69, 9.17) is 16.3 Å². The minimum atomic E-state index is -1.14. The molecule has 1 aliphatic heterocycles. The molecule has 0 unspecified atom stereocenters. The summed E-state index contributed by atoms with van der Waals surface area (Å²) in [7, 11) is 0. The number of aryl methyl sites for hydroxylation is 1. The third kappa shape index (κ3) is 5.89. The molecule has 2 heterocycles. The van der Waals surface area contributed by atoms with Crippen molar-refractivity contribution in [3.63, 3.8) is 0 Å². The Morgan fingerprint density at radius 3 is 2.54 bits per heavy atom. The molecule has 0 radical (unpaired) electrons. The van der Waals surface area contributed by atoms with Crippen LogP contribution in [0, 0.1) is 0 Å². The monoisotopic (exact) mass is 494 g/mol. The van der Waals surface area contributed by atoms with Crippen LogP contribution in [0.25, 0.3) is 0 Å². The standard InChI is InChI=1S/C26H27ClN4O4/c1-2-3-8-22-30-24(27)21(15-23-28-13-14-35-23)31(22)16-17-9-11-18(12-10-17)29-25(32)19-6-4-5-7-20(19)26(33)34/h4-7,9-12H,2-3,8,13-16H2,1H3,(H,29,32)(H,33,34). The summed E-state index contributed by atoms with van der Waals surface area (Å²) in [4.78, 5) is 33.1. The molecule has 1 aromatic heterocycles. The highest BCUT2D eigenvalue weighted by molar-refractivity contribution is 6.30. The van der Waals surface area contributed by atoms with Gasteiger partial charge in [-0.05, 0) is 36.2 Å². The van der Waals surface area contributed by atoms with Gasteiger partial charge in [0.1, 0.15) is 12.4 Å². The maximum absolute atomic E-state index is 12.6. The fraction of sp³-hybridized carbons (Fsp3) is 0.308. The van der Waals surface area contributed by atoms with Crippen molar-refractivity contribution in [1.29, 1.82) is 0 Å². The van der Waals surface area contributed by atoms with Gasteiger partial charge in [0.15, 0.2) is 11.1 Å². The first-order valence-electron chi connectivity index (χ1n) is 11.6. The Balaban J connectivity index is 1.52. The number of rotatable bonds is 10. The number of aromatic carboxylic acids is 1. The molecule has 2 aromatic carbocycles. The molecule has 0 aliphatic carbocycles. The molecule has 4 rings (SSSR count). The average Bonchev–Trinajstić information content (AvgIpc) is 3.47. The Bertz CT molecular complexity index is 1250. The zero-order valence-electron chi connectivity index (χ0n) is 19.5. The number of imidazole rings is 1. The van der Waals surface area contributed by atoms with Gasteiger partial charge in [0.05, 0.1) is 29.8 Å². The first kappa shape index (κ1) is 24.5. The van der Waals surface area contributed by atoms with Crippen LogP contribution in [0.5, 0.6) is 0 Å². The van der Waals surface area contributed by atoms with Crippen molar-refractivity contribution in [2.75, 3.05) is 18.5 Å². The summed E-state index contributed by atoms with van der Waals surface area (Å²) in [5.74, 6) is -0.0183. The van der Waals surface area contributed by atoms with Crippen molar-refractivity contribution in [3.05, 3.63) is 81.9 Å². The Morgan fingerprint density at radius 1 is 1.14 bits per heavy atom. The van der Waals surface area contributed by atoms with Crippen LogP contribution in [-0.2, 0) is 24.1 Å². The lowest BCUT2D eigenvalue weighted by Crippen LogP contribution is -2.16. The second-order valence-electron chi connectivity index (χ2n) is 8.26. The van der Waals surface area contributed by atoms with Crippen LogP contribution < -0.4 is 5.32 Å². The van der Waals surface area contributed by atoms with Crippen molar-refractivity contribution in [2.45, 2.75) is 39.2 Å². The van der Waals surface area contributed by atoms with Crippen LogP contribution >= 0.6 is 11.6 Å². The van der Waals surface area contributed by atoms with E-state index in [-0.39, 0.29) is 11.1 Å². The van der Waals surface area contributed by atoms with Crippen molar-refractivity contribution in [1.82, 2.24) is 9.55 Å². The molecule has 3 aromatic rings. The Kier molecular flexibility index (Phi) is 7.82. The van der Waals surface area contributed by atoms with Gasteiger partial charge in [0.25, 0.3) is 5.91 Å². The van der Waals surface area contributed by atoms with E-state index in [0.29, 0.717) is 42.9 Å². The van der Waals surface area contributed by atoms with Crippen molar-refractivity contribution < 1.29 is 19.4 Å². The number of unbranched alkanes of at least 4 members (excludes halogenated alkanes) is 1. The van der Waals surface area contributed by atoms with Crippen LogP contribution in [0.1, 0.15) is 57.6 Å². The minimum absolute atomic E-state index is 0.0402. The molecule has 0 saturated carbocycles. The summed E-state index contributed by atoms with van der Waals surface area (Å²) in [5.41, 5.74) is 2.53. The molecule has 0 fully saturated rings. The number of halogens is 1. The van der Waals surface area contributed by atoms with E-state index in [0.717, 1.165) is 36.3 Å². The largest absolute Gasteiger partial charge is 0.479 e. The molecule has 0 atom stereocenters. The number of aliphatic imine (C=N–C) groups is 1. The fourth-order valence-corrected chi connectivity index (χ4v) is 4.22. The van der Waals surface area contributed by atoms with Gasteiger partial charge < -0.3 is 19.7 Å². The van der Waals surface area contributed by atoms with E-state index < -0.39 is 11.9 Å². The summed E-state index contributed by atoms with van der Waals surface area (Å²) >= 11 is 6.52. The summed E-state index contributed by atoms with van der Waals surface area (Å²) in [5, 5.41) is 12.6. The highest BCUT2D eigenvalue weighted by Gasteiger charge is 2.20. The first-order chi connectivity index (χ1) is 17.0. The van der Waals surface area contributed by atoms with Crippen molar-refractivity contribution in [3.8, 4) is 0 Å². The second kappa shape index (κ2) is 11.2. The number of nitrogens with one attached hydrogen (secondary N) is 1. The van der Waals surface area contributed by atoms with Crippen LogP contribution in [-0.4, -0.2) is 45.6 Å². The molecule has 0 bridgehead atoms. The highest BCUT2D eigenvalue weighted by atomic mass is 35.5. The summed E-state index contributed by atoms with van der Waals surface area (Å²) in [6.07, 6.45) is 3.37. The van der Waals surface area contributed by atoms with Crippen LogP contribution in [0.15, 0.2) is 53.5 Å². The zero-order valence-corrected chi connectivity index (χ0v) is 20.2. The van der Waals surface area contributed by atoms with Crippen LogP contribution in [0.4, 0.5) is 5.69 Å². The summed E-state index contributed by atoms with van der Waals surface area (Å²) in [6.45, 7) is 3.96. The zero-order chi connectivity index (χ0) is 24.8. The Hall–Kier alpha value is -3.65. The molecule has 1 amide bonds.